The molecule has 0 bridgehead atoms. The van der Waals surface area contributed by atoms with Crippen LogP contribution in [0.2, 0.25) is 0 Å². The summed E-state index contributed by atoms with van der Waals surface area (Å²) in [5.41, 5.74) is 2.36. The zero-order valence-corrected chi connectivity index (χ0v) is 26.2. The van der Waals surface area contributed by atoms with Gasteiger partial charge in [-0.05, 0) is 105 Å². The van der Waals surface area contributed by atoms with Gasteiger partial charge in [-0.3, -0.25) is 4.79 Å². The molecule has 3 saturated carbocycles. The van der Waals surface area contributed by atoms with Crippen molar-refractivity contribution in [2.45, 2.75) is 80.3 Å². The molecule has 6 nitrogen and oxygen atoms in total. The lowest BCUT2D eigenvalue weighted by molar-refractivity contribution is -0.137. The molecule has 11 heteroatoms. The predicted octanol–water partition coefficient (Wildman–Crippen LogP) is 8.14. The largest absolute Gasteiger partial charge is 0.420 e. The molecule has 1 amide bonds. The summed E-state index contributed by atoms with van der Waals surface area (Å²) in [5.74, 6) is 2.70. The number of halogens is 3. The quantitative estimate of drug-likeness (QED) is 0.269. The Morgan fingerprint density at radius 2 is 1.75 bits per heavy atom. The molecule has 1 aromatic carbocycles. The molecule has 5 aliphatic rings. The van der Waals surface area contributed by atoms with E-state index in [-0.39, 0.29) is 23.6 Å². The van der Waals surface area contributed by atoms with E-state index < -0.39 is 11.7 Å². The second kappa shape index (κ2) is 11.3. The number of nitrogens with one attached hydrogen (secondary N) is 1. The molecule has 8 rings (SSSR count). The molecule has 0 unspecified atom stereocenters. The van der Waals surface area contributed by atoms with Gasteiger partial charge >= 0.3 is 6.18 Å². The van der Waals surface area contributed by atoms with Crippen molar-refractivity contribution >= 4 is 40.6 Å². The molecular formula is C33H36F3N5OS2. The Kier molecular flexibility index (Phi) is 7.41. The number of likely N-dealkylation sites (tertiary alicyclic amines) is 1. The molecule has 0 atom stereocenters. The molecule has 4 fully saturated rings. The Morgan fingerprint density at radius 1 is 0.955 bits per heavy atom. The highest BCUT2D eigenvalue weighted by atomic mass is 32.2. The summed E-state index contributed by atoms with van der Waals surface area (Å²) in [5, 5.41) is 3.29. The highest BCUT2D eigenvalue weighted by Crippen LogP contribution is 2.47. The molecule has 4 heterocycles. The number of fused-ring (bicyclic) bond motifs is 1. The van der Waals surface area contributed by atoms with Crippen LogP contribution in [0.4, 0.5) is 24.8 Å². The van der Waals surface area contributed by atoms with Gasteiger partial charge in [0.05, 0.1) is 10.6 Å². The van der Waals surface area contributed by atoms with Crippen molar-refractivity contribution < 1.29 is 18.0 Å². The van der Waals surface area contributed by atoms with E-state index >= 15 is 0 Å². The first-order valence-electron chi connectivity index (χ1n) is 16.0. The number of alkyl halides is 3. The molecule has 0 spiro atoms. The fourth-order valence-corrected chi connectivity index (χ4v) is 9.04. The van der Waals surface area contributed by atoms with Gasteiger partial charge in [-0.15, -0.1) is 23.1 Å². The van der Waals surface area contributed by atoms with Crippen LogP contribution in [-0.4, -0.2) is 63.6 Å². The number of thiophene rings is 1. The average Bonchev–Trinajstić information content (AvgIpc) is 3.86. The van der Waals surface area contributed by atoms with Crippen LogP contribution in [0.25, 0.3) is 10.6 Å². The van der Waals surface area contributed by atoms with E-state index in [0.29, 0.717) is 28.1 Å². The number of anilines is 2. The van der Waals surface area contributed by atoms with Gasteiger partial charge in [0.15, 0.2) is 0 Å². The highest BCUT2D eigenvalue weighted by molar-refractivity contribution is 7.99. The molecule has 44 heavy (non-hydrogen) atoms. The second-order valence-electron chi connectivity index (χ2n) is 13.1. The second-order valence-corrected chi connectivity index (χ2v) is 15.3. The van der Waals surface area contributed by atoms with Crippen molar-refractivity contribution in [3.05, 3.63) is 52.0 Å². The highest BCUT2D eigenvalue weighted by Gasteiger charge is 2.39. The topological polar surface area (TPSA) is 61.4 Å². The number of nitrogens with zero attached hydrogens (tertiary/aromatic N) is 4. The summed E-state index contributed by atoms with van der Waals surface area (Å²) >= 11 is 2.65. The van der Waals surface area contributed by atoms with Gasteiger partial charge in [0.25, 0.3) is 5.91 Å². The maximum Gasteiger partial charge on any atom is 0.420 e. The monoisotopic (exact) mass is 639 g/mol. The van der Waals surface area contributed by atoms with Gasteiger partial charge in [-0.2, -0.15) is 13.2 Å². The molecule has 3 aromatic rings. The van der Waals surface area contributed by atoms with Crippen LogP contribution in [0, 0.1) is 5.92 Å². The fraction of sp³-hybridized carbons (Fsp3) is 0.545. The smallest absolute Gasteiger partial charge is 0.334 e. The summed E-state index contributed by atoms with van der Waals surface area (Å²) in [4.78, 5) is 28.0. The van der Waals surface area contributed by atoms with Gasteiger partial charge in [0.2, 0.25) is 5.95 Å². The van der Waals surface area contributed by atoms with E-state index in [1.165, 1.54) is 55.1 Å². The first-order valence-corrected chi connectivity index (χ1v) is 17.8. The number of thioether (sulfide) groups is 1. The summed E-state index contributed by atoms with van der Waals surface area (Å²) in [6.45, 7) is 4.22. The van der Waals surface area contributed by atoms with Crippen LogP contribution in [0.3, 0.4) is 0 Å². The van der Waals surface area contributed by atoms with Gasteiger partial charge < -0.3 is 15.1 Å². The van der Waals surface area contributed by atoms with E-state index in [0.717, 1.165) is 78.6 Å². The van der Waals surface area contributed by atoms with Crippen LogP contribution in [0.15, 0.2) is 35.4 Å². The van der Waals surface area contributed by atoms with Crippen molar-refractivity contribution in [3.63, 3.8) is 0 Å². The zero-order chi connectivity index (χ0) is 30.0. The normalized spacial score (nSPS) is 21.8. The van der Waals surface area contributed by atoms with Crippen LogP contribution in [0.1, 0.15) is 89.6 Å². The Balaban J connectivity index is 1.07. The first-order chi connectivity index (χ1) is 21.3. The van der Waals surface area contributed by atoms with Crippen molar-refractivity contribution in [3.8, 4) is 10.6 Å². The van der Waals surface area contributed by atoms with Crippen LogP contribution >= 0.6 is 23.1 Å². The summed E-state index contributed by atoms with van der Waals surface area (Å²) in [7, 11) is 0. The Bertz CT molecular complexity index is 1570. The van der Waals surface area contributed by atoms with Gasteiger partial charge in [0, 0.05) is 41.7 Å². The van der Waals surface area contributed by atoms with E-state index in [4.69, 9.17) is 0 Å². The first kappa shape index (κ1) is 28.8. The minimum atomic E-state index is -4.62. The van der Waals surface area contributed by atoms with Crippen molar-refractivity contribution in [2.24, 2.45) is 5.92 Å². The Morgan fingerprint density at radius 3 is 2.45 bits per heavy atom. The molecule has 2 aliphatic heterocycles. The number of carbonyl (C=O) groups is 1. The molecule has 1 saturated heterocycles. The lowest BCUT2D eigenvalue weighted by Gasteiger charge is -2.32. The van der Waals surface area contributed by atoms with E-state index in [1.807, 2.05) is 4.90 Å². The number of rotatable bonds is 8. The Labute approximate surface area is 263 Å². The maximum absolute atomic E-state index is 14.2. The number of aromatic nitrogens is 2. The van der Waals surface area contributed by atoms with Crippen LogP contribution < -0.4 is 5.32 Å². The van der Waals surface area contributed by atoms with Gasteiger partial charge in [-0.25, -0.2) is 9.97 Å². The SMILES string of the molecule is O=C1c2sc(-c3nc(Nc4ccc(C5CCN(CC6CC6)CC5)cc4C4CC4)ncc3C(F)(F)F)cc2SCCN1C1CC1. The van der Waals surface area contributed by atoms with Gasteiger partial charge in [0.1, 0.15) is 10.4 Å². The zero-order valence-electron chi connectivity index (χ0n) is 24.5. The minimum Gasteiger partial charge on any atom is -0.334 e. The molecule has 0 radical (unpaired) electrons. The molecule has 3 aliphatic carbocycles. The Hall–Kier alpha value is -2.63. The third kappa shape index (κ3) is 5.99. The van der Waals surface area contributed by atoms with E-state index in [9.17, 15) is 18.0 Å². The molecule has 1 N–H and O–H groups in total. The molecular weight excluding hydrogens is 604 g/mol. The minimum absolute atomic E-state index is 0.0764. The average molecular weight is 640 g/mol. The molecule has 2 aromatic heterocycles. The third-order valence-corrected chi connectivity index (χ3v) is 11.9. The third-order valence-electron chi connectivity index (χ3n) is 9.67. The van der Waals surface area contributed by atoms with Crippen molar-refractivity contribution in [2.75, 3.05) is 37.2 Å². The maximum atomic E-state index is 14.2. The van der Waals surface area contributed by atoms with Crippen molar-refractivity contribution in [1.29, 1.82) is 0 Å². The van der Waals surface area contributed by atoms with Crippen molar-refractivity contribution in [1.82, 2.24) is 19.8 Å². The number of hydrogen-bond acceptors (Lipinski definition) is 7. The van der Waals surface area contributed by atoms with Crippen LogP contribution in [0.5, 0.6) is 0 Å². The number of piperidine rings is 1. The summed E-state index contributed by atoms with van der Waals surface area (Å²) in [6, 6.07) is 8.52. The summed E-state index contributed by atoms with van der Waals surface area (Å²) in [6.07, 6.45) is 5.57. The number of amides is 1. The van der Waals surface area contributed by atoms with E-state index in [1.54, 1.807) is 6.07 Å². The predicted molar refractivity (Wildman–Crippen MR) is 168 cm³/mol. The standard InChI is InChI=1S/C33H36F3N5OS2/c34-33(35,36)25-17-37-32(39-29(25)27-16-28-30(44-27)31(42)41(13-14-43-28)23-6-7-23)38-26-8-5-22(15-24(26)21-3-4-21)20-9-11-40(12-10-20)18-19-1-2-19/h5,8,15-17,19-21,23H,1-4,6-7,9-14,18H2,(H,37,38,39). The van der Waals surface area contributed by atoms with Crippen LogP contribution in [-0.2, 0) is 6.18 Å². The number of benzene rings is 1. The lowest BCUT2D eigenvalue weighted by Crippen LogP contribution is -2.34. The van der Waals surface area contributed by atoms with E-state index in [2.05, 4.69) is 38.4 Å². The fourth-order valence-electron chi connectivity index (χ4n) is 6.72. The lowest BCUT2D eigenvalue weighted by atomic mass is 9.87. The van der Waals surface area contributed by atoms with Gasteiger partial charge in [-0.1, -0.05) is 12.1 Å². The summed E-state index contributed by atoms with van der Waals surface area (Å²) < 4.78 is 42.6. The molecule has 232 valence electrons. The number of hydrogen-bond donors (Lipinski definition) is 1. The number of carbonyl (C=O) groups excluding carboxylic acids is 1.